The number of nitrogens with one attached hydrogen (secondary N) is 1. The molecule has 132 valence electrons. The molecule has 3 aromatic rings. The maximum absolute atomic E-state index is 12.1. The van der Waals surface area contributed by atoms with Gasteiger partial charge in [0.1, 0.15) is 12.9 Å². The highest BCUT2D eigenvalue weighted by atomic mass is 35.5. The van der Waals surface area contributed by atoms with E-state index < -0.39 is 11.3 Å². The fourth-order valence-corrected chi connectivity index (χ4v) is 2.36. The Labute approximate surface area is 155 Å². The van der Waals surface area contributed by atoms with Gasteiger partial charge in [-0.2, -0.15) is 0 Å². The van der Waals surface area contributed by atoms with Gasteiger partial charge in [0, 0.05) is 17.6 Å². The molecule has 2 aromatic carbocycles. The highest BCUT2D eigenvalue weighted by molar-refractivity contribution is 6.30. The van der Waals surface area contributed by atoms with Crippen molar-refractivity contribution >= 4 is 17.5 Å². The second-order valence-electron chi connectivity index (χ2n) is 5.56. The zero-order valence-electron chi connectivity index (χ0n) is 13.8. The summed E-state index contributed by atoms with van der Waals surface area (Å²) >= 11 is 5.82. The molecular formula is C20H16ClNO4. The molecule has 0 saturated carbocycles. The topological polar surface area (TPSA) is 68.5 Å². The number of halogens is 1. The Balaban J connectivity index is 1.60. The van der Waals surface area contributed by atoms with Gasteiger partial charge in [-0.1, -0.05) is 54.1 Å². The lowest BCUT2D eigenvalue weighted by Crippen LogP contribution is -2.24. The van der Waals surface area contributed by atoms with Gasteiger partial charge < -0.3 is 14.5 Å². The third-order valence-corrected chi connectivity index (χ3v) is 3.88. The Morgan fingerprint density at radius 3 is 2.46 bits per heavy atom. The van der Waals surface area contributed by atoms with Crippen LogP contribution in [0.4, 0.5) is 0 Å². The molecule has 0 radical (unpaired) electrons. The highest BCUT2D eigenvalue weighted by Crippen LogP contribution is 2.11. The second kappa shape index (κ2) is 8.36. The fraction of sp³-hybridized carbons (Fsp3) is 0.100. The molecule has 1 N–H and O–H groups in total. The van der Waals surface area contributed by atoms with Gasteiger partial charge in [-0.05, 0) is 23.3 Å². The fourth-order valence-electron chi connectivity index (χ4n) is 2.23. The first kappa shape index (κ1) is 17.8. The lowest BCUT2D eigenvalue weighted by Gasteiger charge is -2.07. The van der Waals surface area contributed by atoms with Crippen LogP contribution in [-0.2, 0) is 13.2 Å². The van der Waals surface area contributed by atoms with E-state index in [1.165, 1.54) is 0 Å². The monoisotopic (exact) mass is 369 g/mol. The van der Waals surface area contributed by atoms with Gasteiger partial charge in [0.2, 0.25) is 11.2 Å². The van der Waals surface area contributed by atoms with E-state index in [0.717, 1.165) is 23.5 Å². The van der Waals surface area contributed by atoms with Gasteiger partial charge in [-0.25, -0.2) is 0 Å². The molecule has 0 spiro atoms. The van der Waals surface area contributed by atoms with Crippen LogP contribution < -0.4 is 15.5 Å². The normalized spacial score (nSPS) is 10.3. The van der Waals surface area contributed by atoms with Crippen LogP contribution in [0.2, 0.25) is 5.02 Å². The number of amides is 1. The number of rotatable bonds is 6. The first-order valence-corrected chi connectivity index (χ1v) is 8.32. The summed E-state index contributed by atoms with van der Waals surface area (Å²) in [4.78, 5) is 24.2. The first-order valence-electron chi connectivity index (χ1n) is 7.94. The third kappa shape index (κ3) is 4.74. The van der Waals surface area contributed by atoms with Crippen LogP contribution in [-0.4, -0.2) is 5.91 Å². The number of ether oxygens (including phenoxy) is 1. The van der Waals surface area contributed by atoms with Crippen LogP contribution in [0.5, 0.6) is 5.75 Å². The maximum atomic E-state index is 12.1. The molecule has 1 amide bonds. The summed E-state index contributed by atoms with van der Waals surface area (Å²) in [7, 11) is 0. The second-order valence-corrected chi connectivity index (χ2v) is 5.99. The van der Waals surface area contributed by atoms with Crippen molar-refractivity contribution in [3.63, 3.8) is 0 Å². The Morgan fingerprint density at radius 2 is 1.77 bits per heavy atom. The molecule has 6 heteroatoms. The largest absolute Gasteiger partial charge is 0.482 e. The Bertz CT molecular complexity index is 936. The van der Waals surface area contributed by atoms with Gasteiger partial charge >= 0.3 is 0 Å². The van der Waals surface area contributed by atoms with E-state index in [1.54, 1.807) is 24.3 Å². The van der Waals surface area contributed by atoms with Crippen LogP contribution in [0, 0.1) is 0 Å². The molecule has 0 aliphatic rings. The van der Waals surface area contributed by atoms with Crippen LogP contribution in [0.1, 0.15) is 21.7 Å². The van der Waals surface area contributed by atoms with E-state index in [4.69, 9.17) is 20.8 Å². The number of carbonyl (C=O) groups is 1. The van der Waals surface area contributed by atoms with Crippen molar-refractivity contribution in [1.29, 1.82) is 0 Å². The lowest BCUT2D eigenvalue weighted by molar-refractivity contribution is 0.0919. The van der Waals surface area contributed by atoms with Crippen molar-refractivity contribution in [3.05, 3.63) is 99.1 Å². The van der Waals surface area contributed by atoms with Gasteiger partial charge in [-0.3, -0.25) is 9.59 Å². The average molecular weight is 370 g/mol. The van der Waals surface area contributed by atoms with Gasteiger partial charge in [0.15, 0.2) is 5.76 Å². The van der Waals surface area contributed by atoms with Crippen molar-refractivity contribution in [2.45, 2.75) is 13.2 Å². The van der Waals surface area contributed by atoms with Crippen LogP contribution >= 0.6 is 11.6 Å². The van der Waals surface area contributed by atoms with Gasteiger partial charge in [0.05, 0.1) is 0 Å². The molecule has 0 saturated heterocycles. The SMILES string of the molecule is O=C(NCc1ccc(Cl)cc1)c1cc(=O)c(OCc2ccccc2)co1. The number of carbonyl (C=O) groups excluding carboxylic acids is 1. The molecule has 0 unspecified atom stereocenters. The van der Waals surface area contributed by atoms with Crippen LogP contribution in [0.25, 0.3) is 0 Å². The minimum atomic E-state index is -0.480. The molecule has 0 fully saturated rings. The predicted octanol–water partition coefficient (Wildman–Crippen LogP) is 3.80. The van der Waals surface area contributed by atoms with Crippen molar-refractivity contribution in [1.82, 2.24) is 5.32 Å². The lowest BCUT2D eigenvalue weighted by atomic mass is 10.2. The summed E-state index contributed by atoms with van der Waals surface area (Å²) < 4.78 is 10.7. The quantitative estimate of drug-likeness (QED) is 0.717. The third-order valence-electron chi connectivity index (χ3n) is 3.63. The molecule has 1 heterocycles. The summed E-state index contributed by atoms with van der Waals surface area (Å²) in [5, 5.41) is 3.31. The number of hydrogen-bond donors (Lipinski definition) is 1. The molecule has 26 heavy (non-hydrogen) atoms. The Hall–Kier alpha value is -3.05. The minimum absolute atomic E-state index is 0.0584. The minimum Gasteiger partial charge on any atom is -0.482 e. The average Bonchev–Trinajstić information content (AvgIpc) is 2.67. The highest BCUT2D eigenvalue weighted by Gasteiger charge is 2.12. The van der Waals surface area contributed by atoms with E-state index in [2.05, 4.69) is 5.32 Å². The van der Waals surface area contributed by atoms with E-state index >= 15 is 0 Å². The molecule has 0 aliphatic carbocycles. The van der Waals surface area contributed by atoms with Gasteiger partial charge in [0.25, 0.3) is 5.91 Å². The van der Waals surface area contributed by atoms with Crippen molar-refractivity contribution in [2.75, 3.05) is 0 Å². The van der Waals surface area contributed by atoms with E-state index in [-0.39, 0.29) is 18.1 Å². The summed E-state index contributed by atoms with van der Waals surface area (Å²) in [6.07, 6.45) is 1.16. The van der Waals surface area contributed by atoms with Crippen molar-refractivity contribution in [3.8, 4) is 5.75 Å². The summed E-state index contributed by atoms with van der Waals surface area (Å²) in [5.74, 6) is -0.495. The Morgan fingerprint density at radius 1 is 1.04 bits per heavy atom. The van der Waals surface area contributed by atoms with Crippen LogP contribution in [0.3, 0.4) is 0 Å². The molecule has 0 aliphatic heterocycles. The molecule has 0 bridgehead atoms. The smallest absolute Gasteiger partial charge is 0.287 e. The number of benzene rings is 2. The number of hydrogen-bond acceptors (Lipinski definition) is 4. The Kier molecular flexibility index (Phi) is 5.71. The molecule has 1 aromatic heterocycles. The predicted molar refractivity (Wildman–Crippen MR) is 98.4 cm³/mol. The summed E-state index contributed by atoms with van der Waals surface area (Å²) in [6.45, 7) is 0.541. The van der Waals surface area contributed by atoms with E-state index in [9.17, 15) is 9.59 Å². The van der Waals surface area contributed by atoms with E-state index in [0.29, 0.717) is 11.6 Å². The molecule has 5 nitrogen and oxygen atoms in total. The first-order chi connectivity index (χ1) is 12.6. The van der Waals surface area contributed by atoms with Crippen LogP contribution in [0.15, 0.2) is 76.1 Å². The summed E-state index contributed by atoms with van der Waals surface area (Å²) in [5.41, 5.74) is 1.40. The van der Waals surface area contributed by atoms with E-state index in [1.807, 2.05) is 30.3 Å². The van der Waals surface area contributed by atoms with Crippen molar-refractivity contribution < 1.29 is 13.9 Å². The molecule has 3 rings (SSSR count). The molecular weight excluding hydrogens is 354 g/mol. The summed E-state index contributed by atoms with van der Waals surface area (Å²) in [6, 6.07) is 17.7. The maximum Gasteiger partial charge on any atom is 0.287 e. The molecule has 0 atom stereocenters. The standard InChI is InChI=1S/C20H16ClNO4/c21-16-8-6-14(7-9-16)11-22-20(24)18-10-17(23)19(13-26-18)25-12-15-4-2-1-3-5-15/h1-10,13H,11-12H2,(H,22,24). The van der Waals surface area contributed by atoms with Gasteiger partial charge in [-0.15, -0.1) is 0 Å². The zero-order valence-corrected chi connectivity index (χ0v) is 14.5. The van der Waals surface area contributed by atoms with Crippen molar-refractivity contribution in [2.24, 2.45) is 0 Å². The zero-order chi connectivity index (χ0) is 18.4.